The lowest BCUT2D eigenvalue weighted by Gasteiger charge is -2.32. The van der Waals surface area contributed by atoms with Gasteiger partial charge in [-0.1, -0.05) is 23.7 Å². The summed E-state index contributed by atoms with van der Waals surface area (Å²) < 4.78 is 5.58. The second kappa shape index (κ2) is 6.76. The van der Waals surface area contributed by atoms with Crippen molar-refractivity contribution in [1.29, 1.82) is 0 Å². The number of fused-ring (bicyclic) bond motifs is 1. The number of benzene rings is 2. The molecular formula is C19H19ClN2O3. The van der Waals surface area contributed by atoms with Crippen molar-refractivity contribution in [3.8, 4) is 5.75 Å². The van der Waals surface area contributed by atoms with Crippen molar-refractivity contribution < 1.29 is 14.3 Å². The number of carbonyl (C=O) groups excluding carboxylic acids is 2. The summed E-state index contributed by atoms with van der Waals surface area (Å²) in [4.78, 5) is 26.4. The molecule has 130 valence electrons. The van der Waals surface area contributed by atoms with E-state index in [0.717, 1.165) is 16.8 Å². The Morgan fingerprint density at radius 2 is 2.00 bits per heavy atom. The van der Waals surface area contributed by atoms with Crippen molar-refractivity contribution in [2.45, 2.75) is 26.9 Å². The monoisotopic (exact) mass is 358 g/mol. The van der Waals surface area contributed by atoms with Crippen LogP contribution in [0.15, 0.2) is 36.4 Å². The zero-order valence-electron chi connectivity index (χ0n) is 14.3. The smallest absolute Gasteiger partial charge is 0.268 e. The molecule has 0 aromatic heterocycles. The fourth-order valence-electron chi connectivity index (χ4n) is 2.75. The minimum atomic E-state index is -0.651. The zero-order valence-corrected chi connectivity index (χ0v) is 15.1. The van der Waals surface area contributed by atoms with E-state index in [1.807, 2.05) is 32.0 Å². The highest BCUT2D eigenvalue weighted by Crippen LogP contribution is 2.36. The first kappa shape index (κ1) is 17.3. The molecule has 2 aromatic carbocycles. The molecule has 2 aromatic rings. The first-order valence-electron chi connectivity index (χ1n) is 8.00. The molecule has 0 fully saturated rings. The molecule has 6 heteroatoms. The number of halogens is 1. The quantitative estimate of drug-likeness (QED) is 0.909. The standard InChI is InChI=1S/C19H19ClN2O3/c1-11-4-5-12(2)15(8-11)21-18(23)10-22-16-9-14(20)6-7-17(16)25-13(3)19(22)24/h4-9,13H,10H2,1-3H3,(H,21,23). The molecular weight excluding hydrogens is 340 g/mol. The van der Waals surface area contributed by atoms with Crippen molar-refractivity contribution in [1.82, 2.24) is 0 Å². The molecule has 0 aliphatic carbocycles. The van der Waals surface area contributed by atoms with E-state index in [1.54, 1.807) is 25.1 Å². The average molecular weight is 359 g/mol. The second-order valence-corrected chi connectivity index (χ2v) is 6.60. The summed E-state index contributed by atoms with van der Waals surface area (Å²) in [5.41, 5.74) is 3.26. The number of carbonyl (C=O) groups is 2. The van der Waals surface area contributed by atoms with Gasteiger partial charge in [-0.3, -0.25) is 14.5 Å². The Balaban J connectivity index is 1.84. The molecule has 0 spiro atoms. The fraction of sp³-hybridized carbons (Fsp3) is 0.263. The zero-order chi connectivity index (χ0) is 18.1. The second-order valence-electron chi connectivity index (χ2n) is 6.16. The van der Waals surface area contributed by atoms with Gasteiger partial charge in [0, 0.05) is 10.7 Å². The Labute approximate surface area is 151 Å². The Bertz CT molecular complexity index is 851. The third-order valence-electron chi connectivity index (χ3n) is 4.10. The predicted octanol–water partition coefficient (Wildman–Crippen LogP) is 3.71. The van der Waals surface area contributed by atoms with Gasteiger partial charge in [0.2, 0.25) is 5.91 Å². The van der Waals surface area contributed by atoms with E-state index in [4.69, 9.17) is 16.3 Å². The van der Waals surface area contributed by atoms with Crippen LogP contribution in [0.3, 0.4) is 0 Å². The number of anilines is 2. The van der Waals surface area contributed by atoms with Crippen LogP contribution < -0.4 is 15.0 Å². The van der Waals surface area contributed by atoms with Crippen molar-refractivity contribution in [2.24, 2.45) is 0 Å². The summed E-state index contributed by atoms with van der Waals surface area (Å²) in [5, 5.41) is 3.35. The Morgan fingerprint density at radius 3 is 2.76 bits per heavy atom. The summed E-state index contributed by atoms with van der Waals surface area (Å²) in [6.07, 6.45) is -0.651. The van der Waals surface area contributed by atoms with Crippen molar-refractivity contribution in [2.75, 3.05) is 16.8 Å². The van der Waals surface area contributed by atoms with Crippen molar-refractivity contribution in [3.05, 3.63) is 52.5 Å². The predicted molar refractivity (Wildman–Crippen MR) is 98.4 cm³/mol. The van der Waals surface area contributed by atoms with Gasteiger partial charge in [-0.25, -0.2) is 0 Å². The number of nitrogens with zero attached hydrogens (tertiary/aromatic N) is 1. The topological polar surface area (TPSA) is 58.6 Å². The van der Waals surface area contributed by atoms with Crippen LogP contribution in [0, 0.1) is 13.8 Å². The normalized spacial score (nSPS) is 16.2. The fourth-order valence-corrected chi connectivity index (χ4v) is 2.91. The van der Waals surface area contributed by atoms with Crippen molar-refractivity contribution >= 4 is 34.8 Å². The van der Waals surface area contributed by atoms with E-state index in [2.05, 4.69) is 5.32 Å². The molecule has 0 bridgehead atoms. The van der Waals surface area contributed by atoms with Gasteiger partial charge in [0.25, 0.3) is 5.91 Å². The maximum atomic E-state index is 12.5. The van der Waals surface area contributed by atoms with Crippen LogP contribution in [0.5, 0.6) is 5.75 Å². The van der Waals surface area contributed by atoms with Crippen LogP contribution in [0.25, 0.3) is 0 Å². The number of hydrogen-bond acceptors (Lipinski definition) is 3. The van der Waals surface area contributed by atoms with Crippen LogP contribution in [0.1, 0.15) is 18.1 Å². The van der Waals surface area contributed by atoms with Crippen LogP contribution in [0.2, 0.25) is 5.02 Å². The molecule has 1 aliphatic rings. The lowest BCUT2D eigenvalue weighted by molar-refractivity contribution is -0.127. The van der Waals surface area contributed by atoms with Gasteiger partial charge in [0.15, 0.2) is 6.10 Å². The van der Waals surface area contributed by atoms with Gasteiger partial charge >= 0.3 is 0 Å². The van der Waals surface area contributed by atoms with Crippen LogP contribution in [-0.2, 0) is 9.59 Å². The first-order chi connectivity index (χ1) is 11.8. The average Bonchev–Trinajstić information content (AvgIpc) is 2.56. The number of aryl methyl sites for hydroxylation is 2. The Hall–Kier alpha value is -2.53. The Morgan fingerprint density at radius 1 is 1.24 bits per heavy atom. The lowest BCUT2D eigenvalue weighted by atomic mass is 10.1. The third-order valence-corrected chi connectivity index (χ3v) is 4.33. The number of rotatable bonds is 3. The van der Waals surface area contributed by atoms with E-state index in [0.29, 0.717) is 16.5 Å². The van der Waals surface area contributed by atoms with Crippen molar-refractivity contribution in [3.63, 3.8) is 0 Å². The van der Waals surface area contributed by atoms with E-state index < -0.39 is 6.10 Å². The molecule has 25 heavy (non-hydrogen) atoms. The SMILES string of the molecule is Cc1ccc(C)c(NC(=O)CN2C(=O)C(C)Oc3ccc(Cl)cc32)c1. The van der Waals surface area contributed by atoms with E-state index in [1.165, 1.54) is 4.90 Å². The molecule has 1 aliphatic heterocycles. The molecule has 1 atom stereocenters. The van der Waals surface area contributed by atoms with E-state index in [-0.39, 0.29) is 18.4 Å². The van der Waals surface area contributed by atoms with Gasteiger partial charge in [0.1, 0.15) is 12.3 Å². The largest absolute Gasteiger partial charge is 0.479 e. The van der Waals surface area contributed by atoms with E-state index in [9.17, 15) is 9.59 Å². The van der Waals surface area contributed by atoms with Crippen LogP contribution in [0.4, 0.5) is 11.4 Å². The molecule has 2 amide bonds. The summed E-state index contributed by atoms with van der Waals surface area (Å²) in [6.45, 7) is 5.44. The number of amides is 2. The maximum Gasteiger partial charge on any atom is 0.268 e. The van der Waals surface area contributed by atoms with E-state index >= 15 is 0 Å². The highest BCUT2D eigenvalue weighted by atomic mass is 35.5. The first-order valence-corrected chi connectivity index (χ1v) is 8.37. The summed E-state index contributed by atoms with van der Waals surface area (Å²) >= 11 is 6.04. The third kappa shape index (κ3) is 3.61. The van der Waals surface area contributed by atoms with Gasteiger partial charge in [-0.2, -0.15) is 0 Å². The molecule has 0 saturated heterocycles. The van der Waals surface area contributed by atoms with Gasteiger partial charge in [0.05, 0.1) is 5.69 Å². The van der Waals surface area contributed by atoms with Crippen LogP contribution >= 0.6 is 11.6 Å². The Kier molecular flexibility index (Phi) is 4.68. The van der Waals surface area contributed by atoms with Gasteiger partial charge in [-0.05, 0) is 56.2 Å². The number of hydrogen-bond donors (Lipinski definition) is 1. The molecule has 5 nitrogen and oxygen atoms in total. The maximum absolute atomic E-state index is 12.5. The molecule has 3 rings (SSSR count). The highest BCUT2D eigenvalue weighted by Gasteiger charge is 2.33. The van der Waals surface area contributed by atoms with Crippen LogP contribution in [-0.4, -0.2) is 24.5 Å². The molecule has 1 N–H and O–H groups in total. The van der Waals surface area contributed by atoms with Gasteiger partial charge < -0.3 is 10.1 Å². The summed E-state index contributed by atoms with van der Waals surface area (Å²) in [5.74, 6) is -0.0102. The minimum Gasteiger partial charge on any atom is -0.479 e. The summed E-state index contributed by atoms with van der Waals surface area (Å²) in [6, 6.07) is 10.9. The summed E-state index contributed by atoms with van der Waals surface area (Å²) in [7, 11) is 0. The molecule has 1 heterocycles. The number of nitrogens with one attached hydrogen (secondary N) is 1. The minimum absolute atomic E-state index is 0.104. The molecule has 0 radical (unpaired) electrons. The molecule has 1 unspecified atom stereocenters. The lowest BCUT2D eigenvalue weighted by Crippen LogP contribution is -2.47. The highest BCUT2D eigenvalue weighted by molar-refractivity contribution is 6.31. The molecule has 0 saturated carbocycles. The van der Waals surface area contributed by atoms with Gasteiger partial charge in [-0.15, -0.1) is 0 Å². The number of ether oxygens (including phenoxy) is 1.